The van der Waals surface area contributed by atoms with Crippen LogP contribution in [0.3, 0.4) is 0 Å². The van der Waals surface area contributed by atoms with Gasteiger partial charge < -0.3 is 14.6 Å². The Morgan fingerprint density at radius 1 is 1.12 bits per heavy atom. The molecule has 0 saturated carbocycles. The molecular weight excluding hydrogens is 463 g/mol. The lowest BCUT2D eigenvalue weighted by molar-refractivity contribution is 0.101. The van der Waals surface area contributed by atoms with Gasteiger partial charge in [0.1, 0.15) is 18.1 Å². The van der Waals surface area contributed by atoms with Crippen LogP contribution in [-0.2, 0) is 13.2 Å². The van der Waals surface area contributed by atoms with Crippen molar-refractivity contribution in [1.82, 2.24) is 14.9 Å². The average Bonchev–Trinajstić information content (AvgIpc) is 3.28. The van der Waals surface area contributed by atoms with Crippen molar-refractivity contribution >= 4 is 34.8 Å². The number of ether oxygens (including phenoxy) is 1. The summed E-state index contributed by atoms with van der Waals surface area (Å²) in [5.41, 5.74) is 3.77. The molecule has 0 fully saturated rings. The third-order valence-corrected chi connectivity index (χ3v) is 5.88. The molecule has 0 unspecified atom stereocenters. The lowest BCUT2D eigenvalue weighted by Crippen LogP contribution is -2.16. The highest BCUT2D eigenvalue weighted by Crippen LogP contribution is 2.25. The van der Waals surface area contributed by atoms with Gasteiger partial charge in [0, 0.05) is 10.0 Å². The quantitative estimate of drug-likeness (QED) is 0.348. The number of carbonyl (C=O) groups excluding carboxylic acids is 1. The minimum atomic E-state index is -0.403. The highest BCUT2D eigenvalue weighted by molar-refractivity contribution is 6.31. The fourth-order valence-corrected chi connectivity index (χ4v) is 3.82. The number of aromatic nitrogens is 3. The van der Waals surface area contributed by atoms with Gasteiger partial charge in [-0.15, -0.1) is 0 Å². The Morgan fingerprint density at radius 2 is 1.91 bits per heavy atom. The molecule has 2 heterocycles. The van der Waals surface area contributed by atoms with Crippen molar-refractivity contribution in [3.05, 3.63) is 92.5 Å². The van der Waals surface area contributed by atoms with E-state index in [1.165, 1.54) is 0 Å². The molecule has 7 nitrogen and oxygen atoms in total. The van der Waals surface area contributed by atoms with Gasteiger partial charge in [-0.1, -0.05) is 52.6 Å². The monoisotopic (exact) mass is 484 g/mol. The second-order valence-electron chi connectivity index (χ2n) is 7.56. The molecule has 0 spiro atoms. The summed E-state index contributed by atoms with van der Waals surface area (Å²) in [7, 11) is 0. The highest BCUT2D eigenvalue weighted by Gasteiger charge is 2.23. The Bertz CT molecular complexity index is 1310. The van der Waals surface area contributed by atoms with Crippen molar-refractivity contribution in [2.75, 3.05) is 5.32 Å². The maximum atomic E-state index is 13.1. The number of carbonyl (C=O) groups is 1. The van der Waals surface area contributed by atoms with Gasteiger partial charge in [0.25, 0.3) is 5.91 Å². The van der Waals surface area contributed by atoms with E-state index in [2.05, 4.69) is 15.6 Å². The van der Waals surface area contributed by atoms with Crippen molar-refractivity contribution < 1.29 is 14.1 Å². The van der Waals surface area contributed by atoms with E-state index < -0.39 is 5.91 Å². The first-order chi connectivity index (χ1) is 15.8. The molecule has 2 aromatic heterocycles. The Morgan fingerprint density at radius 3 is 2.67 bits per heavy atom. The fourth-order valence-electron chi connectivity index (χ4n) is 3.44. The van der Waals surface area contributed by atoms with Gasteiger partial charge in [0.05, 0.1) is 29.2 Å². The van der Waals surface area contributed by atoms with Crippen LogP contribution in [-0.4, -0.2) is 20.8 Å². The van der Waals surface area contributed by atoms with E-state index in [1.54, 1.807) is 31.2 Å². The Labute approximate surface area is 201 Å². The Balaban J connectivity index is 1.52. The smallest absolute Gasteiger partial charge is 0.278 e. The molecule has 33 heavy (non-hydrogen) atoms. The molecule has 9 heteroatoms. The summed E-state index contributed by atoms with van der Waals surface area (Å²) in [6.45, 7) is 6.07. The normalized spacial score (nSPS) is 10.9. The number of aryl methyl sites for hydroxylation is 2. The predicted molar refractivity (Wildman–Crippen MR) is 127 cm³/mol. The minimum absolute atomic E-state index is 0.113. The third kappa shape index (κ3) is 5.05. The van der Waals surface area contributed by atoms with Gasteiger partial charge in [-0.25, -0.2) is 0 Å². The molecule has 4 aromatic rings. The van der Waals surface area contributed by atoms with Gasteiger partial charge in [-0.2, -0.15) is 5.10 Å². The molecule has 4 rings (SSSR count). The van der Waals surface area contributed by atoms with Crippen molar-refractivity contribution in [2.24, 2.45) is 0 Å². The van der Waals surface area contributed by atoms with Crippen LogP contribution in [0.4, 0.5) is 5.69 Å². The first-order valence-electron chi connectivity index (χ1n) is 10.3. The Hall–Kier alpha value is -3.29. The number of benzene rings is 2. The fraction of sp³-hybridized carbons (Fsp3) is 0.208. The molecule has 0 bridgehead atoms. The molecule has 0 aliphatic carbocycles. The van der Waals surface area contributed by atoms with Gasteiger partial charge in [0.15, 0.2) is 5.69 Å². The Kier molecular flexibility index (Phi) is 6.72. The highest BCUT2D eigenvalue weighted by atomic mass is 35.5. The standard InChI is InChI=1S/C24H22Cl2N4O3/c1-14-22(15(2)30(28-14)12-17-7-4-5-10-21(17)26)27-24(31)23-20(16(3)33-29-23)13-32-19-9-6-8-18(25)11-19/h4-11H,12-13H2,1-3H3,(H,27,31). The lowest BCUT2D eigenvalue weighted by Gasteiger charge is -2.09. The van der Waals surface area contributed by atoms with Crippen molar-refractivity contribution in [2.45, 2.75) is 33.9 Å². The van der Waals surface area contributed by atoms with Crippen LogP contribution in [0.1, 0.15) is 38.8 Å². The zero-order chi connectivity index (χ0) is 23.5. The third-order valence-electron chi connectivity index (χ3n) is 5.28. The van der Waals surface area contributed by atoms with Crippen LogP contribution in [0.25, 0.3) is 0 Å². The molecule has 0 aliphatic rings. The first-order valence-corrected chi connectivity index (χ1v) is 11.0. The summed E-state index contributed by atoms with van der Waals surface area (Å²) in [4.78, 5) is 13.1. The summed E-state index contributed by atoms with van der Waals surface area (Å²) in [6, 6.07) is 14.6. The predicted octanol–water partition coefficient (Wildman–Crippen LogP) is 5.98. The van der Waals surface area contributed by atoms with E-state index in [0.29, 0.717) is 45.0 Å². The molecule has 1 amide bonds. The SMILES string of the molecule is Cc1nn(Cc2ccccc2Cl)c(C)c1NC(=O)c1noc(C)c1COc1cccc(Cl)c1. The van der Waals surface area contributed by atoms with E-state index >= 15 is 0 Å². The van der Waals surface area contributed by atoms with E-state index in [0.717, 1.165) is 11.3 Å². The van der Waals surface area contributed by atoms with Crippen LogP contribution < -0.4 is 10.1 Å². The van der Waals surface area contributed by atoms with Crippen molar-refractivity contribution in [3.8, 4) is 5.75 Å². The van der Waals surface area contributed by atoms with E-state index in [-0.39, 0.29) is 12.3 Å². The van der Waals surface area contributed by atoms with E-state index in [9.17, 15) is 4.79 Å². The number of anilines is 1. The molecule has 0 radical (unpaired) electrons. The van der Waals surface area contributed by atoms with E-state index in [1.807, 2.05) is 42.8 Å². The molecule has 0 aliphatic heterocycles. The summed E-state index contributed by atoms with van der Waals surface area (Å²) in [5, 5.41) is 12.7. The van der Waals surface area contributed by atoms with Gasteiger partial charge in [-0.3, -0.25) is 9.48 Å². The number of amides is 1. The molecule has 1 N–H and O–H groups in total. The minimum Gasteiger partial charge on any atom is -0.489 e. The molecule has 2 aromatic carbocycles. The van der Waals surface area contributed by atoms with Crippen LogP contribution in [0, 0.1) is 20.8 Å². The van der Waals surface area contributed by atoms with Crippen molar-refractivity contribution in [3.63, 3.8) is 0 Å². The second kappa shape index (κ2) is 9.68. The number of hydrogen-bond acceptors (Lipinski definition) is 5. The van der Waals surface area contributed by atoms with Crippen LogP contribution in [0.5, 0.6) is 5.75 Å². The summed E-state index contributed by atoms with van der Waals surface area (Å²) in [5.74, 6) is 0.687. The first kappa shape index (κ1) is 22.9. The van der Waals surface area contributed by atoms with Gasteiger partial charge >= 0.3 is 0 Å². The van der Waals surface area contributed by atoms with E-state index in [4.69, 9.17) is 32.5 Å². The maximum Gasteiger partial charge on any atom is 0.278 e. The topological polar surface area (TPSA) is 82.2 Å². The molecule has 0 saturated heterocycles. The number of hydrogen-bond donors (Lipinski definition) is 1. The number of nitrogens with zero attached hydrogens (tertiary/aromatic N) is 3. The summed E-state index contributed by atoms with van der Waals surface area (Å²) < 4.78 is 12.9. The largest absolute Gasteiger partial charge is 0.489 e. The maximum absolute atomic E-state index is 13.1. The van der Waals surface area contributed by atoms with Crippen LogP contribution >= 0.6 is 23.2 Å². The summed E-state index contributed by atoms with van der Waals surface area (Å²) in [6.07, 6.45) is 0. The molecule has 170 valence electrons. The molecular formula is C24H22Cl2N4O3. The number of nitrogens with one attached hydrogen (secondary N) is 1. The van der Waals surface area contributed by atoms with Gasteiger partial charge in [-0.05, 0) is 50.6 Å². The summed E-state index contributed by atoms with van der Waals surface area (Å²) >= 11 is 12.3. The average molecular weight is 485 g/mol. The van der Waals surface area contributed by atoms with Crippen molar-refractivity contribution in [1.29, 1.82) is 0 Å². The zero-order valence-corrected chi connectivity index (χ0v) is 19.9. The van der Waals surface area contributed by atoms with Gasteiger partial charge in [0.2, 0.25) is 0 Å². The zero-order valence-electron chi connectivity index (χ0n) is 18.4. The van der Waals surface area contributed by atoms with Crippen LogP contribution in [0.15, 0.2) is 53.1 Å². The lowest BCUT2D eigenvalue weighted by atomic mass is 10.2. The molecule has 0 atom stereocenters. The second-order valence-corrected chi connectivity index (χ2v) is 8.40. The number of halogens is 2. The van der Waals surface area contributed by atoms with Crippen LogP contribution in [0.2, 0.25) is 10.0 Å². The number of rotatable bonds is 7.